The lowest BCUT2D eigenvalue weighted by molar-refractivity contribution is 0.0925. The summed E-state index contributed by atoms with van der Waals surface area (Å²) in [5, 5.41) is 11.5. The van der Waals surface area contributed by atoms with Crippen molar-refractivity contribution in [2.75, 3.05) is 13.1 Å². The molecule has 3 rings (SSSR count). The van der Waals surface area contributed by atoms with E-state index < -0.39 is 0 Å². The molecular formula is C15H17Cl3N4O. The van der Waals surface area contributed by atoms with E-state index in [-0.39, 0.29) is 24.4 Å². The summed E-state index contributed by atoms with van der Waals surface area (Å²) in [6.07, 6.45) is 3.79. The molecule has 8 heteroatoms. The number of aromatic nitrogens is 2. The van der Waals surface area contributed by atoms with Gasteiger partial charge in [0.25, 0.3) is 5.91 Å². The lowest BCUT2D eigenvalue weighted by Gasteiger charge is -2.23. The Morgan fingerprint density at radius 3 is 2.83 bits per heavy atom. The quantitative estimate of drug-likeness (QED) is 0.867. The predicted octanol–water partition coefficient (Wildman–Crippen LogP) is 3.08. The molecule has 1 aromatic heterocycles. The SMILES string of the molecule is Cl.O=C(NC1CCCNC1)c1ccn(-c2ccc(Cl)c(Cl)c2)n1. The smallest absolute Gasteiger partial charge is 0.272 e. The first-order valence-electron chi connectivity index (χ1n) is 7.16. The summed E-state index contributed by atoms with van der Waals surface area (Å²) < 4.78 is 1.61. The first-order chi connectivity index (χ1) is 10.6. The molecule has 1 aromatic carbocycles. The highest BCUT2D eigenvalue weighted by atomic mass is 35.5. The number of hydrogen-bond acceptors (Lipinski definition) is 3. The minimum Gasteiger partial charge on any atom is -0.347 e. The fraction of sp³-hybridized carbons (Fsp3) is 0.333. The van der Waals surface area contributed by atoms with Gasteiger partial charge in [-0.2, -0.15) is 5.10 Å². The average Bonchev–Trinajstić information content (AvgIpc) is 3.01. The largest absolute Gasteiger partial charge is 0.347 e. The highest BCUT2D eigenvalue weighted by molar-refractivity contribution is 6.42. The maximum atomic E-state index is 12.2. The molecule has 0 spiro atoms. The summed E-state index contributed by atoms with van der Waals surface area (Å²) in [6.45, 7) is 1.82. The summed E-state index contributed by atoms with van der Waals surface area (Å²) in [5.41, 5.74) is 1.14. The number of piperidine rings is 1. The van der Waals surface area contributed by atoms with E-state index in [1.54, 1.807) is 35.1 Å². The van der Waals surface area contributed by atoms with Crippen molar-refractivity contribution in [1.29, 1.82) is 0 Å². The van der Waals surface area contributed by atoms with Crippen LogP contribution >= 0.6 is 35.6 Å². The number of benzene rings is 1. The molecule has 1 atom stereocenters. The van der Waals surface area contributed by atoms with Crippen molar-refractivity contribution in [3.63, 3.8) is 0 Å². The number of carbonyl (C=O) groups excluding carboxylic acids is 1. The van der Waals surface area contributed by atoms with Crippen LogP contribution in [0.25, 0.3) is 5.69 Å². The molecule has 0 bridgehead atoms. The lowest BCUT2D eigenvalue weighted by atomic mass is 10.1. The molecule has 1 amide bonds. The van der Waals surface area contributed by atoms with Gasteiger partial charge in [0.1, 0.15) is 0 Å². The Balaban J connectivity index is 0.00000192. The van der Waals surface area contributed by atoms with Crippen LogP contribution in [0.4, 0.5) is 0 Å². The lowest BCUT2D eigenvalue weighted by Crippen LogP contribution is -2.45. The van der Waals surface area contributed by atoms with Gasteiger partial charge in [-0.05, 0) is 43.7 Å². The summed E-state index contributed by atoms with van der Waals surface area (Å²) in [5.74, 6) is -0.160. The van der Waals surface area contributed by atoms with Crippen LogP contribution < -0.4 is 10.6 Å². The van der Waals surface area contributed by atoms with Crippen molar-refractivity contribution in [2.24, 2.45) is 0 Å². The van der Waals surface area contributed by atoms with Gasteiger partial charge in [-0.25, -0.2) is 4.68 Å². The summed E-state index contributed by atoms with van der Waals surface area (Å²) in [7, 11) is 0. The van der Waals surface area contributed by atoms with Crippen LogP contribution in [0.5, 0.6) is 0 Å². The molecular weight excluding hydrogens is 359 g/mol. The Morgan fingerprint density at radius 2 is 2.13 bits per heavy atom. The Hall–Kier alpha value is -1.27. The molecule has 1 aliphatic heterocycles. The van der Waals surface area contributed by atoms with Crippen LogP contribution in [0.2, 0.25) is 10.0 Å². The highest BCUT2D eigenvalue weighted by Crippen LogP contribution is 2.24. The number of nitrogens with one attached hydrogen (secondary N) is 2. The van der Waals surface area contributed by atoms with Gasteiger partial charge in [-0.1, -0.05) is 23.2 Å². The minimum absolute atomic E-state index is 0. The molecule has 1 fully saturated rings. The van der Waals surface area contributed by atoms with Crippen molar-refractivity contribution in [1.82, 2.24) is 20.4 Å². The Kier molecular flexibility index (Phi) is 6.30. The third-order valence-electron chi connectivity index (χ3n) is 3.62. The normalized spacial score (nSPS) is 17.4. The first kappa shape index (κ1) is 18.1. The maximum Gasteiger partial charge on any atom is 0.272 e. The number of hydrogen-bond donors (Lipinski definition) is 2. The second-order valence-corrected chi connectivity index (χ2v) is 6.08. The van der Waals surface area contributed by atoms with Gasteiger partial charge in [0.2, 0.25) is 0 Å². The van der Waals surface area contributed by atoms with Crippen LogP contribution in [0.15, 0.2) is 30.5 Å². The van der Waals surface area contributed by atoms with Gasteiger partial charge in [0.15, 0.2) is 5.69 Å². The Bertz CT molecular complexity index is 683. The molecule has 0 aliphatic carbocycles. The molecule has 1 aliphatic rings. The molecule has 0 radical (unpaired) electrons. The summed E-state index contributed by atoms with van der Waals surface area (Å²) in [4.78, 5) is 12.2. The fourth-order valence-corrected chi connectivity index (χ4v) is 2.74. The standard InChI is InChI=1S/C15H16Cl2N4O.ClH/c16-12-4-3-11(8-13(12)17)21-7-5-14(20-21)15(22)19-10-2-1-6-18-9-10;/h3-5,7-8,10,18H,1-2,6,9H2,(H,19,22);1H. The van der Waals surface area contributed by atoms with Crippen LogP contribution in [0.3, 0.4) is 0 Å². The van der Waals surface area contributed by atoms with Gasteiger partial charge in [0.05, 0.1) is 15.7 Å². The van der Waals surface area contributed by atoms with Gasteiger partial charge in [-0.3, -0.25) is 4.79 Å². The van der Waals surface area contributed by atoms with E-state index in [9.17, 15) is 4.79 Å². The van der Waals surface area contributed by atoms with Gasteiger partial charge in [0, 0.05) is 18.8 Å². The zero-order valence-corrected chi connectivity index (χ0v) is 14.6. The zero-order chi connectivity index (χ0) is 15.5. The van der Waals surface area contributed by atoms with Gasteiger partial charge in [-0.15, -0.1) is 12.4 Å². The Labute approximate surface area is 150 Å². The number of halogens is 3. The molecule has 2 N–H and O–H groups in total. The van der Waals surface area contributed by atoms with E-state index in [2.05, 4.69) is 15.7 Å². The number of rotatable bonds is 3. The van der Waals surface area contributed by atoms with E-state index >= 15 is 0 Å². The summed E-state index contributed by atoms with van der Waals surface area (Å²) in [6, 6.07) is 7.07. The van der Waals surface area contributed by atoms with E-state index in [1.807, 2.05) is 0 Å². The minimum atomic E-state index is -0.160. The molecule has 2 heterocycles. The first-order valence-corrected chi connectivity index (χ1v) is 7.92. The van der Waals surface area contributed by atoms with E-state index in [0.29, 0.717) is 15.7 Å². The topological polar surface area (TPSA) is 59.0 Å². The van der Waals surface area contributed by atoms with Gasteiger partial charge < -0.3 is 10.6 Å². The molecule has 1 saturated heterocycles. The van der Waals surface area contributed by atoms with Crippen molar-refractivity contribution in [2.45, 2.75) is 18.9 Å². The number of nitrogens with zero attached hydrogens (tertiary/aromatic N) is 2. The van der Waals surface area contributed by atoms with Crippen molar-refractivity contribution < 1.29 is 4.79 Å². The maximum absolute atomic E-state index is 12.2. The zero-order valence-electron chi connectivity index (χ0n) is 12.3. The average molecular weight is 376 g/mol. The molecule has 124 valence electrons. The summed E-state index contributed by atoms with van der Waals surface area (Å²) >= 11 is 11.9. The van der Waals surface area contributed by atoms with Crippen molar-refractivity contribution in [3.05, 3.63) is 46.2 Å². The van der Waals surface area contributed by atoms with Crippen molar-refractivity contribution >= 4 is 41.5 Å². The number of amides is 1. The van der Waals surface area contributed by atoms with Crippen LogP contribution in [-0.2, 0) is 0 Å². The molecule has 1 unspecified atom stereocenters. The fourth-order valence-electron chi connectivity index (χ4n) is 2.45. The highest BCUT2D eigenvalue weighted by Gasteiger charge is 2.18. The van der Waals surface area contributed by atoms with E-state index in [1.165, 1.54) is 0 Å². The van der Waals surface area contributed by atoms with Gasteiger partial charge >= 0.3 is 0 Å². The second-order valence-electron chi connectivity index (χ2n) is 5.26. The van der Waals surface area contributed by atoms with Crippen LogP contribution in [-0.4, -0.2) is 34.8 Å². The van der Waals surface area contributed by atoms with Crippen LogP contribution in [0, 0.1) is 0 Å². The van der Waals surface area contributed by atoms with Crippen molar-refractivity contribution in [3.8, 4) is 5.69 Å². The molecule has 0 saturated carbocycles. The second kappa shape index (κ2) is 8.02. The molecule has 5 nitrogen and oxygen atoms in total. The van der Waals surface area contributed by atoms with E-state index in [4.69, 9.17) is 23.2 Å². The van der Waals surface area contributed by atoms with E-state index in [0.717, 1.165) is 31.6 Å². The third-order valence-corrected chi connectivity index (χ3v) is 4.36. The Morgan fingerprint density at radius 1 is 1.30 bits per heavy atom. The predicted molar refractivity (Wildman–Crippen MR) is 94.2 cm³/mol. The third kappa shape index (κ3) is 4.38. The molecule has 2 aromatic rings. The number of carbonyl (C=O) groups is 1. The molecule has 23 heavy (non-hydrogen) atoms. The monoisotopic (exact) mass is 374 g/mol. The van der Waals surface area contributed by atoms with Crippen LogP contribution in [0.1, 0.15) is 23.3 Å².